The first-order valence-corrected chi connectivity index (χ1v) is 10.9. The molecule has 174 valence electrons. The molecule has 0 aliphatic carbocycles. The van der Waals surface area contributed by atoms with Gasteiger partial charge in [-0.3, -0.25) is 14.5 Å². The molecule has 0 saturated carbocycles. The molecule has 4 rings (SSSR count). The number of hydrogen-bond acceptors (Lipinski definition) is 6. The zero-order chi connectivity index (χ0) is 24.1. The fraction of sp³-hybridized carbons (Fsp3) is 0.185. The number of imide groups is 1. The third-order valence-corrected chi connectivity index (χ3v) is 5.48. The van der Waals surface area contributed by atoms with Gasteiger partial charge in [0.2, 0.25) is 0 Å². The smallest absolute Gasteiger partial charge is 0.278 e. The van der Waals surface area contributed by atoms with Crippen LogP contribution in [0.3, 0.4) is 0 Å². The van der Waals surface area contributed by atoms with Crippen LogP contribution >= 0.6 is 0 Å². The Balaban J connectivity index is 1.67. The zero-order valence-electron chi connectivity index (χ0n) is 19.3. The van der Waals surface area contributed by atoms with Crippen LogP contribution in [0.1, 0.15) is 18.1 Å². The van der Waals surface area contributed by atoms with Crippen LogP contribution in [0.4, 0.5) is 5.69 Å². The Bertz CT molecular complexity index is 1200. The molecule has 7 nitrogen and oxygen atoms in total. The van der Waals surface area contributed by atoms with Gasteiger partial charge in [0.15, 0.2) is 0 Å². The topological polar surface area (TPSA) is 77.1 Å². The molecule has 1 aliphatic heterocycles. The van der Waals surface area contributed by atoms with E-state index in [9.17, 15) is 9.59 Å². The number of nitrogens with zero attached hydrogens (tertiary/aromatic N) is 1. The maximum Gasteiger partial charge on any atom is 0.278 e. The van der Waals surface area contributed by atoms with Crippen LogP contribution in [0.2, 0.25) is 0 Å². The van der Waals surface area contributed by atoms with Crippen LogP contribution in [0.5, 0.6) is 17.2 Å². The highest BCUT2D eigenvalue weighted by atomic mass is 16.5. The summed E-state index contributed by atoms with van der Waals surface area (Å²) in [5.41, 5.74) is 2.67. The van der Waals surface area contributed by atoms with E-state index < -0.39 is 0 Å². The lowest BCUT2D eigenvalue weighted by atomic mass is 10.0. The molecule has 0 radical (unpaired) electrons. The van der Waals surface area contributed by atoms with E-state index in [0.29, 0.717) is 34.9 Å². The summed E-state index contributed by atoms with van der Waals surface area (Å²) in [5, 5.41) is 3.16. The lowest BCUT2D eigenvalue weighted by molar-refractivity contribution is -0.137. The molecule has 34 heavy (non-hydrogen) atoms. The molecular formula is C27H26N2O5. The number of anilines is 1. The van der Waals surface area contributed by atoms with Crippen molar-refractivity contribution in [3.8, 4) is 17.2 Å². The molecule has 3 aromatic rings. The number of amides is 2. The monoisotopic (exact) mass is 458 g/mol. The third-order valence-electron chi connectivity index (χ3n) is 5.48. The number of ether oxygens (including phenoxy) is 3. The Morgan fingerprint density at radius 2 is 1.29 bits per heavy atom. The van der Waals surface area contributed by atoms with E-state index in [1.165, 1.54) is 4.90 Å². The van der Waals surface area contributed by atoms with Crippen molar-refractivity contribution < 1.29 is 23.8 Å². The van der Waals surface area contributed by atoms with Crippen molar-refractivity contribution in [3.63, 3.8) is 0 Å². The van der Waals surface area contributed by atoms with E-state index in [1.54, 1.807) is 50.6 Å². The van der Waals surface area contributed by atoms with Crippen molar-refractivity contribution in [2.75, 3.05) is 26.1 Å². The number of carbonyl (C=O) groups excluding carboxylic acids is 2. The normalized spacial score (nSPS) is 13.3. The van der Waals surface area contributed by atoms with Crippen molar-refractivity contribution in [1.82, 2.24) is 4.90 Å². The molecular weight excluding hydrogens is 432 g/mol. The molecule has 0 atom stereocenters. The Labute approximate surface area is 198 Å². The summed E-state index contributed by atoms with van der Waals surface area (Å²) in [6.45, 7) is 2.63. The largest absolute Gasteiger partial charge is 0.497 e. The second-order valence-corrected chi connectivity index (χ2v) is 7.61. The third kappa shape index (κ3) is 4.73. The lowest BCUT2D eigenvalue weighted by Gasteiger charge is -2.16. The van der Waals surface area contributed by atoms with E-state index in [0.717, 1.165) is 11.3 Å². The summed E-state index contributed by atoms with van der Waals surface area (Å²) < 4.78 is 15.9. The molecule has 0 bridgehead atoms. The van der Waals surface area contributed by atoms with Crippen LogP contribution in [0.25, 0.3) is 5.57 Å². The summed E-state index contributed by atoms with van der Waals surface area (Å²) in [7, 11) is 3.17. The van der Waals surface area contributed by atoms with E-state index in [4.69, 9.17) is 14.2 Å². The van der Waals surface area contributed by atoms with Gasteiger partial charge in [0.05, 0.1) is 32.9 Å². The minimum absolute atomic E-state index is 0.149. The fourth-order valence-electron chi connectivity index (χ4n) is 3.72. The lowest BCUT2D eigenvalue weighted by Crippen LogP contribution is -2.32. The summed E-state index contributed by atoms with van der Waals surface area (Å²) in [4.78, 5) is 28.2. The van der Waals surface area contributed by atoms with Crippen molar-refractivity contribution in [3.05, 3.63) is 89.6 Å². The van der Waals surface area contributed by atoms with Crippen LogP contribution in [0, 0.1) is 0 Å². The van der Waals surface area contributed by atoms with Gasteiger partial charge in [0.25, 0.3) is 11.8 Å². The highest BCUT2D eigenvalue weighted by Crippen LogP contribution is 2.33. The minimum atomic E-state index is -0.388. The number of rotatable bonds is 9. The Hall–Kier alpha value is -4.26. The van der Waals surface area contributed by atoms with Crippen LogP contribution in [0.15, 0.2) is 78.5 Å². The molecule has 0 fully saturated rings. The van der Waals surface area contributed by atoms with Crippen LogP contribution in [-0.2, 0) is 16.1 Å². The summed E-state index contributed by atoms with van der Waals surface area (Å²) in [6, 6.07) is 21.6. The highest BCUT2D eigenvalue weighted by Gasteiger charge is 2.39. The van der Waals surface area contributed by atoms with Gasteiger partial charge < -0.3 is 19.5 Å². The summed E-state index contributed by atoms with van der Waals surface area (Å²) >= 11 is 0. The molecule has 1 heterocycles. The Kier molecular flexibility index (Phi) is 6.82. The molecule has 1 N–H and O–H groups in total. The Morgan fingerprint density at radius 3 is 1.85 bits per heavy atom. The van der Waals surface area contributed by atoms with E-state index >= 15 is 0 Å². The second kappa shape index (κ2) is 10.1. The van der Waals surface area contributed by atoms with Crippen molar-refractivity contribution in [2.24, 2.45) is 0 Å². The van der Waals surface area contributed by atoms with Gasteiger partial charge in [-0.05, 0) is 66.6 Å². The maximum atomic E-state index is 13.5. The van der Waals surface area contributed by atoms with Crippen molar-refractivity contribution >= 4 is 23.1 Å². The molecule has 0 spiro atoms. The van der Waals surface area contributed by atoms with Gasteiger partial charge in [-0.2, -0.15) is 0 Å². The molecule has 0 unspecified atom stereocenters. The first kappa shape index (κ1) is 22.9. The minimum Gasteiger partial charge on any atom is -0.497 e. The van der Waals surface area contributed by atoms with Gasteiger partial charge >= 0.3 is 0 Å². The maximum absolute atomic E-state index is 13.5. The van der Waals surface area contributed by atoms with Crippen LogP contribution in [-0.4, -0.2) is 37.5 Å². The van der Waals surface area contributed by atoms with Gasteiger partial charge in [-0.25, -0.2) is 0 Å². The molecule has 3 aromatic carbocycles. The molecule has 1 aliphatic rings. The molecule has 7 heteroatoms. The molecule has 2 amide bonds. The standard InChI is InChI=1S/C27H26N2O5/c1-4-34-23-15-9-20(10-16-23)28-25-24(19-7-13-22(33-3)14-8-19)26(30)29(27(25)31)17-18-5-11-21(32-2)12-6-18/h5-16,28H,4,17H2,1-3H3. The average Bonchev–Trinajstić information content (AvgIpc) is 3.10. The second-order valence-electron chi connectivity index (χ2n) is 7.61. The quantitative estimate of drug-likeness (QED) is 0.476. The number of carbonyl (C=O) groups is 2. The first-order valence-electron chi connectivity index (χ1n) is 10.9. The summed E-state index contributed by atoms with van der Waals surface area (Å²) in [6.07, 6.45) is 0. The van der Waals surface area contributed by atoms with Crippen molar-refractivity contribution in [1.29, 1.82) is 0 Å². The van der Waals surface area contributed by atoms with Gasteiger partial charge in [-0.15, -0.1) is 0 Å². The first-order chi connectivity index (χ1) is 16.5. The average molecular weight is 459 g/mol. The fourth-order valence-corrected chi connectivity index (χ4v) is 3.72. The highest BCUT2D eigenvalue weighted by molar-refractivity contribution is 6.36. The van der Waals surface area contributed by atoms with E-state index in [-0.39, 0.29) is 24.1 Å². The van der Waals surface area contributed by atoms with Gasteiger partial charge in [0, 0.05) is 5.69 Å². The predicted molar refractivity (Wildman–Crippen MR) is 130 cm³/mol. The van der Waals surface area contributed by atoms with Gasteiger partial charge in [0.1, 0.15) is 22.9 Å². The number of methoxy groups -OCH3 is 2. The van der Waals surface area contributed by atoms with Crippen molar-refractivity contribution in [2.45, 2.75) is 13.5 Å². The summed E-state index contributed by atoms with van der Waals surface area (Å²) in [5.74, 6) is 1.35. The number of benzene rings is 3. The predicted octanol–water partition coefficient (Wildman–Crippen LogP) is 4.49. The zero-order valence-corrected chi connectivity index (χ0v) is 19.3. The Morgan fingerprint density at radius 1 is 0.735 bits per heavy atom. The molecule has 0 aromatic heterocycles. The molecule has 0 saturated heterocycles. The van der Waals surface area contributed by atoms with E-state index in [1.807, 2.05) is 43.3 Å². The van der Waals surface area contributed by atoms with E-state index in [2.05, 4.69) is 5.32 Å². The number of hydrogen-bond donors (Lipinski definition) is 1. The van der Waals surface area contributed by atoms with Gasteiger partial charge in [-0.1, -0.05) is 24.3 Å². The number of nitrogens with one attached hydrogen (secondary N) is 1. The van der Waals surface area contributed by atoms with Crippen LogP contribution < -0.4 is 19.5 Å². The SMILES string of the molecule is CCOc1ccc(NC2=C(c3ccc(OC)cc3)C(=O)N(Cc3ccc(OC)cc3)C2=O)cc1.